The van der Waals surface area contributed by atoms with Crippen molar-refractivity contribution in [2.45, 2.75) is 0 Å². The van der Waals surface area contributed by atoms with Crippen molar-refractivity contribution in [1.29, 1.82) is 0 Å². The van der Waals surface area contributed by atoms with Crippen molar-refractivity contribution in [1.82, 2.24) is 14.8 Å². The van der Waals surface area contributed by atoms with E-state index in [1.807, 2.05) is 43.4 Å². The number of aromatic nitrogens is 3. The number of benzene rings is 1. The van der Waals surface area contributed by atoms with Gasteiger partial charge >= 0.3 is 0 Å². The summed E-state index contributed by atoms with van der Waals surface area (Å²) in [7, 11) is 1.81. The number of rotatable bonds is 3. The fourth-order valence-electron chi connectivity index (χ4n) is 2.18. The zero-order valence-electron chi connectivity index (χ0n) is 11.0. The zero-order chi connectivity index (χ0) is 13.9. The number of carbonyl (C=O) groups excluding carboxylic acids is 1. The van der Waals surface area contributed by atoms with Crippen molar-refractivity contribution >= 4 is 6.29 Å². The van der Waals surface area contributed by atoms with Gasteiger partial charge in [-0.3, -0.25) is 14.5 Å². The Morgan fingerprint density at radius 3 is 2.20 bits per heavy atom. The van der Waals surface area contributed by atoms with Crippen molar-refractivity contribution < 1.29 is 4.79 Å². The zero-order valence-corrected chi connectivity index (χ0v) is 11.0. The molecule has 0 amide bonds. The van der Waals surface area contributed by atoms with Gasteiger partial charge in [0.05, 0.1) is 5.56 Å². The van der Waals surface area contributed by atoms with Crippen LogP contribution in [-0.4, -0.2) is 21.1 Å². The first-order valence-corrected chi connectivity index (χ1v) is 6.27. The molecule has 4 nitrogen and oxygen atoms in total. The van der Waals surface area contributed by atoms with Gasteiger partial charge in [-0.2, -0.15) is 5.10 Å². The number of hydrogen-bond acceptors (Lipinski definition) is 3. The van der Waals surface area contributed by atoms with Gasteiger partial charge in [0.25, 0.3) is 0 Å². The average Bonchev–Trinajstić information content (AvgIpc) is 2.89. The van der Waals surface area contributed by atoms with E-state index in [2.05, 4.69) is 10.1 Å². The number of carbonyl (C=O) groups is 1. The standard InChI is InChI=1S/C16H13N3O/c1-19-10-15(11-20)16(18-19)14-4-2-12(3-5-14)13-6-8-17-9-7-13/h2-11H,1H3. The number of aldehydes is 1. The summed E-state index contributed by atoms with van der Waals surface area (Å²) >= 11 is 0. The minimum atomic E-state index is 0.601. The second-order valence-corrected chi connectivity index (χ2v) is 4.54. The Hall–Kier alpha value is -2.75. The lowest BCUT2D eigenvalue weighted by Crippen LogP contribution is -1.88. The molecule has 0 saturated carbocycles. The highest BCUT2D eigenvalue weighted by molar-refractivity contribution is 5.85. The molecule has 0 unspecified atom stereocenters. The van der Waals surface area contributed by atoms with E-state index in [1.54, 1.807) is 23.3 Å². The van der Waals surface area contributed by atoms with Gasteiger partial charge in [-0.25, -0.2) is 0 Å². The Bertz CT molecular complexity index is 730. The third-order valence-corrected chi connectivity index (χ3v) is 3.16. The van der Waals surface area contributed by atoms with Gasteiger partial charge in [0.2, 0.25) is 0 Å². The third-order valence-electron chi connectivity index (χ3n) is 3.16. The van der Waals surface area contributed by atoms with Gasteiger partial charge in [-0.05, 0) is 23.3 Å². The summed E-state index contributed by atoms with van der Waals surface area (Å²) in [6, 6.07) is 11.9. The maximum absolute atomic E-state index is 11.0. The van der Waals surface area contributed by atoms with Gasteiger partial charge in [-0.15, -0.1) is 0 Å². The normalized spacial score (nSPS) is 10.4. The Kier molecular flexibility index (Phi) is 3.13. The minimum absolute atomic E-state index is 0.601. The molecule has 98 valence electrons. The van der Waals surface area contributed by atoms with Crippen LogP contribution < -0.4 is 0 Å². The average molecular weight is 263 g/mol. The Morgan fingerprint density at radius 1 is 0.950 bits per heavy atom. The monoisotopic (exact) mass is 263 g/mol. The van der Waals surface area contributed by atoms with Crippen LogP contribution in [0.1, 0.15) is 10.4 Å². The summed E-state index contributed by atoms with van der Waals surface area (Å²) < 4.78 is 1.65. The van der Waals surface area contributed by atoms with E-state index < -0.39 is 0 Å². The van der Waals surface area contributed by atoms with E-state index in [-0.39, 0.29) is 0 Å². The molecule has 0 aliphatic carbocycles. The topological polar surface area (TPSA) is 47.8 Å². The fourth-order valence-corrected chi connectivity index (χ4v) is 2.18. The Morgan fingerprint density at radius 2 is 1.55 bits per heavy atom. The molecule has 0 bridgehead atoms. The van der Waals surface area contributed by atoms with Gasteiger partial charge in [0.1, 0.15) is 5.69 Å². The van der Waals surface area contributed by atoms with Crippen LogP contribution in [0.3, 0.4) is 0 Å². The molecular weight excluding hydrogens is 250 g/mol. The molecule has 2 aromatic heterocycles. The van der Waals surface area contributed by atoms with Crippen LogP contribution in [0.15, 0.2) is 55.0 Å². The predicted molar refractivity (Wildman–Crippen MR) is 77.3 cm³/mol. The number of nitrogens with zero attached hydrogens (tertiary/aromatic N) is 3. The molecule has 0 radical (unpaired) electrons. The summed E-state index contributed by atoms with van der Waals surface area (Å²) in [5.74, 6) is 0. The highest BCUT2D eigenvalue weighted by Crippen LogP contribution is 2.25. The van der Waals surface area contributed by atoms with Gasteiger partial charge in [0, 0.05) is 31.2 Å². The summed E-state index contributed by atoms with van der Waals surface area (Å²) in [6.07, 6.45) is 6.09. The first-order chi connectivity index (χ1) is 9.78. The lowest BCUT2D eigenvalue weighted by atomic mass is 10.0. The summed E-state index contributed by atoms with van der Waals surface area (Å²) in [6.45, 7) is 0. The molecule has 0 aliphatic heterocycles. The molecule has 0 saturated heterocycles. The molecule has 0 fully saturated rings. The molecule has 0 spiro atoms. The first-order valence-electron chi connectivity index (χ1n) is 6.27. The maximum atomic E-state index is 11.0. The van der Waals surface area contributed by atoms with Crippen LogP contribution >= 0.6 is 0 Å². The van der Waals surface area contributed by atoms with Crippen LogP contribution in [0.2, 0.25) is 0 Å². The minimum Gasteiger partial charge on any atom is -0.298 e. The molecule has 0 atom stereocenters. The van der Waals surface area contributed by atoms with E-state index in [0.29, 0.717) is 11.3 Å². The van der Waals surface area contributed by atoms with Crippen LogP contribution in [0.4, 0.5) is 0 Å². The molecule has 20 heavy (non-hydrogen) atoms. The fraction of sp³-hybridized carbons (Fsp3) is 0.0625. The number of hydrogen-bond donors (Lipinski definition) is 0. The summed E-state index contributed by atoms with van der Waals surface area (Å²) in [5, 5.41) is 4.33. The van der Waals surface area contributed by atoms with Crippen molar-refractivity contribution in [2.24, 2.45) is 7.05 Å². The molecule has 0 N–H and O–H groups in total. The van der Waals surface area contributed by atoms with Gasteiger partial charge < -0.3 is 0 Å². The Labute approximate surface area is 116 Å². The third kappa shape index (κ3) is 2.23. The van der Waals surface area contributed by atoms with Gasteiger partial charge in [0.15, 0.2) is 6.29 Å². The van der Waals surface area contributed by atoms with Crippen molar-refractivity contribution in [3.63, 3.8) is 0 Å². The van der Waals surface area contributed by atoms with Crippen LogP contribution in [0, 0.1) is 0 Å². The summed E-state index contributed by atoms with van der Waals surface area (Å²) in [4.78, 5) is 15.1. The van der Waals surface area contributed by atoms with Crippen molar-refractivity contribution in [3.8, 4) is 22.4 Å². The molecule has 2 heterocycles. The van der Waals surface area contributed by atoms with Crippen LogP contribution in [0.25, 0.3) is 22.4 Å². The highest BCUT2D eigenvalue weighted by atomic mass is 16.1. The molecule has 4 heteroatoms. The molecule has 0 aliphatic rings. The van der Waals surface area contributed by atoms with E-state index in [0.717, 1.165) is 23.0 Å². The smallest absolute Gasteiger partial charge is 0.153 e. The second kappa shape index (κ2) is 5.09. The van der Waals surface area contributed by atoms with E-state index in [1.165, 1.54) is 0 Å². The van der Waals surface area contributed by atoms with Crippen LogP contribution in [0.5, 0.6) is 0 Å². The lowest BCUT2D eigenvalue weighted by Gasteiger charge is -2.03. The number of pyridine rings is 1. The SMILES string of the molecule is Cn1cc(C=O)c(-c2ccc(-c3ccncc3)cc2)n1. The second-order valence-electron chi connectivity index (χ2n) is 4.54. The number of aryl methyl sites for hydroxylation is 1. The predicted octanol–water partition coefficient (Wildman–Crippen LogP) is 2.96. The highest BCUT2D eigenvalue weighted by Gasteiger charge is 2.09. The quantitative estimate of drug-likeness (QED) is 0.682. The first kappa shape index (κ1) is 12.3. The van der Waals surface area contributed by atoms with E-state index >= 15 is 0 Å². The van der Waals surface area contributed by atoms with E-state index in [9.17, 15) is 4.79 Å². The molecule has 3 aromatic rings. The maximum Gasteiger partial charge on any atom is 0.153 e. The molecule has 3 rings (SSSR count). The van der Waals surface area contributed by atoms with Crippen molar-refractivity contribution in [3.05, 3.63) is 60.6 Å². The van der Waals surface area contributed by atoms with Gasteiger partial charge in [-0.1, -0.05) is 24.3 Å². The molecule has 1 aromatic carbocycles. The summed E-state index contributed by atoms with van der Waals surface area (Å²) in [5.41, 5.74) is 4.47. The van der Waals surface area contributed by atoms with E-state index in [4.69, 9.17) is 0 Å². The van der Waals surface area contributed by atoms with Crippen molar-refractivity contribution in [2.75, 3.05) is 0 Å². The Balaban J connectivity index is 1.99. The van der Waals surface area contributed by atoms with Crippen LogP contribution in [-0.2, 0) is 7.05 Å². The largest absolute Gasteiger partial charge is 0.298 e. The molecular formula is C16H13N3O. The lowest BCUT2D eigenvalue weighted by molar-refractivity contribution is 0.112.